The standard InChI is InChI=1S/C18H20N6OS/c1-2-21-16(25)12-5-7-24(8-6-12)18-23-15-4-3-14(22-17(15)26-18)13-9-19-11-20-10-13/h3-4,9-12H,2,5-8H2,1H3,(H,21,25). The smallest absolute Gasteiger partial charge is 0.223 e. The molecule has 4 rings (SSSR count). The Balaban J connectivity index is 1.51. The van der Waals surface area contributed by atoms with E-state index in [0.29, 0.717) is 6.54 Å². The van der Waals surface area contributed by atoms with Gasteiger partial charge in [0.05, 0.1) is 5.69 Å². The summed E-state index contributed by atoms with van der Waals surface area (Å²) < 4.78 is 0. The Kier molecular flexibility index (Phi) is 4.75. The van der Waals surface area contributed by atoms with E-state index in [1.54, 1.807) is 23.7 Å². The Bertz CT molecular complexity index is 904. The van der Waals surface area contributed by atoms with E-state index in [4.69, 9.17) is 9.97 Å². The minimum absolute atomic E-state index is 0.114. The van der Waals surface area contributed by atoms with E-state index in [1.165, 1.54) is 6.33 Å². The summed E-state index contributed by atoms with van der Waals surface area (Å²) in [6.07, 6.45) is 6.76. The third-order valence-electron chi connectivity index (χ3n) is 4.59. The number of pyridine rings is 1. The number of nitrogens with one attached hydrogen (secondary N) is 1. The lowest BCUT2D eigenvalue weighted by atomic mass is 9.96. The fraction of sp³-hybridized carbons (Fsp3) is 0.389. The topological polar surface area (TPSA) is 83.9 Å². The number of rotatable bonds is 4. The third kappa shape index (κ3) is 3.37. The number of anilines is 1. The first-order chi connectivity index (χ1) is 12.7. The highest BCUT2D eigenvalue weighted by Gasteiger charge is 2.26. The quantitative estimate of drug-likeness (QED) is 0.762. The molecule has 0 bridgehead atoms. The highest BCUT2D eigenvalue weighted by atomic mass is 32.1. The Hall–Kier alpha value is -2.61. The van der Waals surface area contributed by atoms with Gasteiger partial charge in [0.2, 0.25) is 5.91 Å². The van der Waals surface area contributed by atoms with Gasteiger partial charge < -0.3 is 10.2 Å². The number of piperidine rings is 1. The zero-order valence-electron chi connectivity index (χ0n) is 14.6. The van der Waals surface area contributed by atoms with Gasteiger partial charge in [-0.1, -0.05) is 11.3 Å². The maximum absolute atomic E-state index is 12.0. The molecule has 1 fully saturated rings. The van der Waals surface area contributed by atoms with Gasteiger partial charge in [-0.2, -0.15) is 0 Å². The van der Waals surface area contributed by atoms with Gasteiger partial charge >= 0.3 is 0 Å². The monoisotopic (exact) mass is 368 g/mol. The van der Waals surface area contributed by atoms with Gasteiger partial charge in [-0.15, -0.1) is 0 Å². The first kappa shape index (κ1) is 16.8. The molecule has 1 aliphatic rings. The van der Waals surface area contributed by atoms with Gasteiger partial charge in [-0.3, -0.25) is 4.79 Å². The van der Waals surface area contributed by atoms with E-state index in [1.807, 2.05) is 19.1 Å². The number of amides is 1. The van der Waals surface area contributed by atoms with Crippen molar-refractivity contribution in [1.29, 1.82) is 0 Å². The number of thiazole rings is 1. The number of aromatic nitrogens is 4. The Morgan fingerprint density at radius 2 is 2.00 bits per heavy atom. The molecule has 1 N–H and O–H groups in total. The zero-order valence-corrected chi connectivity index (χ0v) is 15.4. The molecule has 0 aromatic carbocycles. The minimum Gasteiger partial charge on any atom is -0.356 e. The molecule has 134 valence electrons. The Morgan fingerprint density at radius 3 is 2.73 bits per heavy atom. The van der Waals surface area contributed by atoms with Gasteiger partial charge in [0.15, 0.2) is 5.13 Å². The third-order valence-corrected chi connectivity index (χ3v) is 5.61. The number of carbonyl (C=O) groups is 1. The van der Waals surface area contributed by atoms with Gasteiger partial charge in [0, 0.05) is 43.5 Å². The average molecular weight is 368 g/mol. The highest BCUT2D eigenvalue weighted by Crippen LogP contribution is 2.32. The van der Waals surface area contributed by atoms with Gasteiger partial charge in [-0.05, 0) is 31.9 Å². The van der Waals surface area contributed by atoms with Crippen LogP contribution in [0.25, 0.3) is 21.6 Å². The van der Waals surface area contributed by atoms with E-state index in [0.717, 1.165) is 52.7 Å². The highest BCUT2D eigenvalue weighted by molar-refractivity contribution is 7.21. The van der Waals surface area contributed by atoms with Crippen LogP contribution in [0.3, 0.4) is 0 Å². The van der Waals surface area contributed by atoms with E-state index in [-0.39, 0.29) is 11.8 Å². The molecule has 0 aliphatic carbocycles. The van der Waals surface area contributed by atoms with Crippen molar-refractivity contribution in [3.63, 3.8) is 0 Å². The molecule has 4 heterocycles. The summed E-state index contributed by atoms with van der Waals surface area (Å²) in [4.78, 5) is 32.7. The fourth-order valence-electron chi connectivity index (χ4n) is 3.18. The lowest BCUT2D eigenvalue weighted by Crippen LogP contribution is -2.40. The van der Waals surface area contributed by atoms with Gasteiger partial charge in [-0.25, -0.2) is 19.9 Å². The Labute approximate surface area is 155 Å². The lowest BCUT2D eigenvalue weighted by Gasteiger charge is -2.30. The van der Waals surface area contributed by atoms with Crippen molar-refractivity contribution in [3.05, 3.63) is 30.9 Å². The molecular weight excluding hydrogens is 348 g/mol. The van der Waals surface area contributed by atoms with E-state index >= 15 is 0 Å². The van der Waals surface area contributed by atoms with Crippen LogP contribution in [0.4, 0.5) is 5.13 Å². The molecule has 3 aromatic rings. The molecule has 1 amide bonds. The largest absolute Gasteiger partial charge is 0.356 e. The maximum atomic E-state index is 12.0. The minimum atomic E-state index is 0.114. The molecule has 0 atom stereocenters. The van der Waals surface area contributed by atoms with Crippen molar-refractivity contribution in [2.24, 2.45) is 5.92 Å². The molecule has 0 saturated carbocycles. The van der Waals surface area contributed by atoms with Crippen molar-refractivity contribution in [1.82, 2.24) is 25.3 Å². The van der Waals surface area contributed by atoms with Crippen LogP contribution < -0.4 is 10.2 Å². The predicted octanol–water partition coefficient (Wildman–Crippen LogP) is 2.50. The number of fused-ring (bicyclic) bond motifs is 1. The van der Waals surface area contributed by atoms with Crippen molar-refractivity contribution in [2.45, 2.75) is 19.8 Å². The van der Waals surface area contributed by atoms with Crippen LogP contribution in [-0.4, -0.2) is 45.5 Å². The van der Waals surface area contributed by atoms with Crippen molar-refractivity contribution < 1.29 is 4.79 Å². The van der Waals surface area contributed by atoms with Crippen LogP contribution in [0, 0.1) is 5.92 Å². The molecule has 8 heteroatoms. The van der Waals surface area contributed by atoms with Crippen LogP contribution in [0.1, 0.15) is 19.8 Å². The second kappa shape index (κ2) is 7.33. The molecule has 1 saturated heterocycles. The summed E-state index contributed by atoms with van der Waals surface area (Å²) in [6, 6.07) is 3.94. The molecule has 0 unspecified atom stereocenters. The van der Waals surface area contributed by atoms with Crippen molar-refractivity contribution in [2.75, 3.05) is 24.5 Å². The van der Waals surface area contributed by atoms with E-state index < -0.39 is 0 Å². The SMILES string of the molecule is CCNC(=O)C1CCN(c2nc3ccc(-c4cncnc4)nc3s2)CC1. The summed E-state index contributed by atoms with van der Waals surface area (Å²) in [6.45, 7) is 4.34. The van der Waals surface area contributed by atoms with Crippen LogP contribution in [0.15, 0.2) is 30.9 Å². The van der Waals surface area contributed by atoms with Gasteiger partial charge in [0.1, 0.15) is 16.7 Å². The van der Waals surface area contributed by atoms with Crippen LogP contribution in [0.5, 0.6) is 0 Å². The second-order valence-electron chi connectivity index (χ2n) is 6.30. The van der Waals surface area contributed by atoms with Crippen LogP contribution >= 0.6 is 11.3 Å². The van der Waals surface area contributed by atoms with E-state index in [9.17, 15) is 4.79 Å². The van der Waals surface area contributed by atoms with Crippen molar-refractivity contribution >= 4 is 32.7 Å². The normalized spacial score (nSPS) is 15.3. The molecule has 7 nitrogen and oxygen atoms in total. The summed E-state index contributed by atoms with van der Waals surface area (Å²) in [7, 11) is 0. The molecule has 1 aliphatic heterocycles. The molecular formula is C18H20N6OS. The summed E-state index contributed by atoms with van der Waals surface area (Å²) >= 11 is 1.59. The fourth-order valence-corrected chi connectivity index (χ4v) is 4.18. The number of carbonyl (C=O) groups excluding carboxylic acids is 1. The number of nitrogens with zero attached hydrogens (tertiary/aromatic N) is 5. The lowest BCUT2D eigenvalue weighted by molar-refractivity contribution is -0.125. The number of hydrogen-bond acceptors (Lipinski definition) is 7. The molecule has 0 radical (unpaired) electrons. The average Bonchev–Trinajstić information content (AvgIpc) is 3.12. The first-order valence-corrected chi connectivity index (χ1v) is 9.62. The van der Waals surface area contributed by atoms with E-state index in [2.05, 4.69) is 20.2 Å². The summed E-state index contributed by atoms with van der Waals surface area (Å²) in [5.74, 6) is 0.288. The first-order valence-electron chi connectivity index (χ1n) is 8.80. The molecule has 26 heavy (non-hydrogen) atoms. The second-order valence-corrected chi connectivity index (χ2v) is 7.26. The Morgan fingerprint density at radius 1 is 1.23 bits per heavy atom. The molecule has 0 spiro atoms. The van der Waals surface area contributed by atoms with Crippen LogP contribution in [-0.2, 0) is 4.79 Å². The number of hydrogen-bond donors (Lipinski definition) is 1. The van der Waals surface area contributed by atoms with Crippen molar-refractivity contribution in [3.8, 4) is 11.3 Å². The maximum Gasteiger partial charge on any atom is 0.223 e. The summed E-state index contributed by atoms with van der Waals surface area (Å²) in [5.41, 5.74) is 2.65. The van der Waals surface area contributed by atoms with Gasteiger partial charge in [0.25, 0.3) is 0 Å². The van der Waals surface area contributed by atoms with Crippen LogP contribution in [0.2, 0.25) is 0 Å². The predicted molar refractivity (Wildman–Crippen MR) is 102 cm³/mol. The molecule has 3 aromatic heterocycles. The summed E-state index contributed by atoms with van der Waals surface area (Å²) in [5, 5.41) is 3.90. The zero-order chi connectivity index (χ0) is 17.9.